The van der Waals surface area contributed by atoms with Gasteiger partial charge in [-0.3, -0.25) is 4.79 Å². The average molecular weight is 157 g/mol. The molecule has 0 radical (unpaired) electrons. The fraction of sp³-hybridized carbons (Fsp3) is 0.875. The minimum absolute atomic E-state index is 0.292. The van der Waals surface area contributed by atoms with E-state index in [4.69, 9.17) is 5.11 Å². The van der Waals surface area contributed by atoms with Gasteiger partial charge in [0.25, 0.3) is 0 Å². The first-order valence-corrected chi connectivity index (χ1v) is 4.05. The zero-order valence-electron chi connectivity index (χ0n) is 7.05. The van der Waals surface area contributed by atoms with Crippen molar-refractivity contribution in [2.75, 3.05) is 13.1 Å². The lowest BCUT2D eigenvalue weighted by atomic mass is 9.79. The van der Waals surface area contributed by atoms with Crippen LogP contribution in [0.15, 0.2) is 0 Å². The maximum absolute atomic E-state index is 10.9. The van der Waals surface area contributed by atoms with Crippen LogP contribution < -0.4 is 5.32 Å². The molecule has 1 aliphatic heterocycles. The zero-order valence-corrected chi connectivity index (χ0v) is 7.05. The Hall–Kier alpha value is -0.570. The third kappa shape index (κ3) is 1.25. The van der Waals surface area contributed by atoms with Gasteiger partial charge < -0.3 is 10.4 Å². The third-order valence-electron chi connectivity index (χ3n) is 2.77. The first-order chi connectivity index (χ1) is 5.11. The number of carboxylic acid groups (broad SMARTS) is 1. The van der Waals surface area contributed by atoms with E-state index in [1.54, 1.807) is 0 Å². The number of aliphatic carboxylic acids is 1. The summed E-state index contributed by atoms with van der Waals surface area (Å²) in [4.78, 5) is 10.9. The van der Waals surface area contributed by atoms with E-state index in [2.05, 4.69) is 5.32 Å². The van der Waals surface area contributed by atoms with Crippen molar-refractivity contribution >= 4 is 5.97 Å². The van der Waals surface area contributed by atoms with Gasteiger partial charge in [-0.2, -0.15) is 0 Å². The highest BCUT2D eigenvalue weighted by Crippen LogP contribution is 2.33. The molecule has 1 heterocycles. The van der Waals surface area contributed by atoms with Crippen LogP contribution in [0.5, 0.6) is 0 Å². The monoisotopic (exact) mass is 157 g/mol. The predicted octanol–water partition coefficient (Wildman–Crippen LogP) is 0.707. The van der Waals surface area contributed by atoms with E-state index in [9.17, 15) is 4.79 Å². The molecule has 0 aromatic heterocycles. The number of nitrogens with one attached hydrogen (secondary N) is 1. The molecule has 64 valence electrons. The molecule has 1 rings (SSSR count). The Bertz CT molecular complexity index is 169. The zero-order chi connectivity index (χ0) is 8.48. The molecule has 0 unspecified atom stereocenters. The van der Waals surface area contributed by atoms with E-state index >= 15 is 0 Å². The quantitative estimate of drug-likeness (QED) is 0.620. The summed E-state index contributed by atoms with van der Waals surface area (Å²) in [6.45, 7) is 5.32. The average Bonchev–Trinajstić information content (AvgIpc) is 2.32. The molecular weight excluding hydrogens is 142 g/mol. The Balaban J connectivity index is 2.75. The van der Waals surface area contributed by atoms with Crippen molar-refractivity contribution in [2.24, 2.45) is 11.3 Å². The maximum Gasteiger partial charge on any atom is 0.310 e. The van der Waals surface area contributed by atoms with Crippen molar-refractivity contribution in [1.29, 1.82) is 0 Å². The van der Waals surface area contributed by atoms with E-state index in [1.165, 1.54) is 0 Å². The van der Waals surface area contributed by atoms with Gasteiger partial charge >= 0.3 is 5.97 Å². The van der Waals surface area contributed by atoms with Crippen LogP contribution in [-0.4, -0.2) is 24.2 Å². The van der Waals surface area contributed by atoms with Gasteiger partial charge in [0, 0.05) is 6.54 Å². The smallest absolute Gasteiger partial charge is 0.310 e. The minimum atomic E-state index is -0.672. The summed E-state index contributed by atoms with van der Waals surface area (Å²) >= 11 is 0. The van der Waals surface area contributed by atoms with Crippen LogP contribution in [0.2, 0.25) is 0 Å². The maximum atomic E-state index is 10.9. The number of carboxylic acids is 1. The SMILES string of the molecule is CC[C@@H]1CNC[C@@]1(C)C(=O)O. The lowest BCUT2D eigenvalue weighted by molar-refractivity contribution is -0.149. The highest BCUT2D eigenvalue weighted by Gasteiger charge is 2.43. The van der Waals surface area contributed by atoms with Gasteiger partial charge in [-0.25, -0.2) is 0 Å². The first-order valence-electron chi connectivity index (χ1n) is 4.05. The molecule has 2 N–H and O–H groups in total. The molecule has 0 saturated carbocycles. The molecule has 0 bridgehead atoms. The molecule has 0 aliphatic carbocycles. The fourth-order valence-electron chi connectivity index (χ4n) is 1.72. The van der Waals surface area contributed by atoms with Crippen molar-refractivity contribution in [3.63, 3.8) is 0 Å². The largest absolute Gasteiger partial charge is 0.481 e. The van der Waals surface area contributed by atoms with Gasteiger partial charge in [0.2, 0.25) is 0 Å². The summed E-state index contributed by atoms with van der Waals surface area (Å²) in [6, 6.07) is 0. The fourth-order valence-corrected chi connectivity index (χ4v) is 1.72. The molecule has 0 amide bonds. The summed E-state index contributed by atoms with van der Waals surface area (Å²) in [5.74, 6) is -0.380. The molecule has 1 fully saturated rings. The van der Waals surface area contributed by atoms with E-state index in [-0.39, 0.29) is 0 Å². The Labute approximate surface area is 66.8 Å². The van der Waals surface area contributed by atoms with Gasteiger partial charge in [0.15, 0.2) is 0 Å². The highest BCUT2D eigenvalue weighted by molar-refractivity contribution is 5.75. The summed E-state index contributed by atoms with van der Waals surface area (Å²) in [7, 11) is 0. The van der Waals surface area contributed by atoms with Crippen LogP contribution >= 0.6 is 0 Å². The van der Waals surface area contributed by atoms with Crippen molar-refractivity contribution in [3.8, 4) is 0 Å². The van der Waals surface area contributed by atoms with Crippen molar-refractivity contribution in [1.82, 2.24) is 5.32 Å². The molecule has 0 spiro atoms. The second-order valence-corrected chi connectivity index (χ2v) is 3.46. The Morgan fingerprint density at radius 2 is 2.45 bits per heavy atom. The third-order valence-corrected chi connectivity index (χ3v) is 2.77. The molecular formula is C8H15NO2. The van der Waals surface area contributed by atoms with Crippen molar-refractivity contribution in [2.45, 2.75) is 20.3 Å². The Morgan fingerprint density at radius 1 is 1.82 bits per heavy atom. The van der Waals surface area contributed by atoms with Crippen LogP contribution in [0.25, 0.3) is 0 Å². The second kappa shape index (κ2) is 2.81. The lowest BCUT2D eigenvalue weighted by Crippen LogP contribution is -2.35. The topological polar surface area (TPSA) is 49.3 Å². The van der Waals surface area contributed by atoms with Gasteiger partial charge in [-0.1, -0.05) is 13.3 Å². The molecule has 2 atom stereocenters. The summed E-state index contributed by atoms with van der Waals surface area (Å²) < 4.78 is 0. The molecule has 3 heteroatoms. The van der Waals surface area contributed by atoms with Crippen molar-refractivity contribution in [3.05, 3.63) is 0 Å². The lowest BCUT2D eigenvalue weighted by Gasteiger charge is -2.24. The second-order valence-electron chi connectivity index (χ2n) is 3.46. The van der Waals surface area contributed by atoms with Gasteiger partial charge in [0.05, 0.1) is 5.41 Å². The molecule has 3 nitrogen and oxygen atoms in total. The van der Waals surface area contributed by atoms with E-state index in [1.807, 2.05) is 13.8 Å². The standard InChI is InChI=1S/C8H15NO2/c1-3-6-4-9-5-8(6,2)7(10)11/h6,9H,3-5H2,1-2H3,(H,10,11)/t6-,8-/m1/s1. The molecule has 1 saturated heterocycles. The molecule has 1 aliphatic rings. The number of carbonyl (C=O) groups is 1. The van der Waals surface area contributed by atoms with E-state index in [0.29, 0.717) is 12.5 Å². The molecule has 11 heavy (non-hydrogen) atoms. The summed E-state index contributed by atoms with van der Waals surface area (Å²) in [5.41, 5.74) is -0.533. The van der Waals surface area contributed by atoms with Crippen LogP contribution in [-0.2, 0) is 4.79 Å². The predicted molar refractivity (Wildman–Crippen MR) is 42.4 cm³/mol. The minimum Gasteiger partial charge on any atom is -0.481 e. The van der Waals surface area contributed by atoms with Crippen LogP contribution in [0.1, 0.15) is 20.3 Å². The van der Waals surface area contributed by atoms with Gasteiger partial charge in [-0.05, 0) is 19.4 Å². The van der Waals surface area contributed by atoms with Gasteiger partial charge in [0.1, 0.15) is 0 Å². The van der Waals surface area contributed by atoms with Gasteiger partial charge in [-0.15, -0.1) is 0 Å². The van der Waals surface area contributed by atoms with Crippen LogP contribution in [0, 0.1) is 11.3 Å². The highest BCUT2D eigenvalue weighted by atomic mass is 16.4. The summed E-state index contributed by atoms with van der Waals surface area (Å²) in [6.07, 6.45) is 0.940. The number of hydrogen-bond acceptors (Lipinski definition) is 2. The van der Waals surface area contributed by atoms with Crippen molar-refractivity contribution < 1.29 is 9.90 Å². The van der Waals surface area contributed by atoms with Crippen LogP contribution in [0.3, 0.4) is 0 Å². The van der Waals surface area contributed by atoms with E-state index in [0.717, 1.165) is 13.0 Å². The molecule has 0 aromatic carbocycles. The summed E-state index contributed by atoms with van der Waals surface area (Å²) in [5, 5.41) is 12.0. The Kier molecular flexibility index (Phi) is 2.18. The molecule has 0 aromatic rings. The van der Waals surface area contributed by atoms with Crippen LogP contribution in [0.4, 0.5) is 0 Å². The first kappa shape index (κ1) is 8.53. The normalized spacial score (nSPS) is 37.5. The number of rotatable bonds is 2. The Morgan fingerprint density at radius 3 is 2.82 bits per heavy atom. The van der Waals surface area contributed by atoms with E-state index < -0.39 is 11.4 Å². The number of hydrogen-bond donors (Lipinski definition) is 2.